The van der Waals surface area contributed by atoms with Gasteiger partial charge in [0.1, 0.15) is 11.7 Å². The monoisotopic (exact) mass is 286 g/mol. The molecule has 0 spiro atoms. The predicted molar refractivity (Wildman–Crippen MR) is 68.4 cm³/mol. The maximum Gasteiger partial charge on any atom is 0.328 e. The molecule has 0 saturated carbocycles. The number of rotatable bonds is 4. The summed E-state index contributed by atoms with van der Waals surface area (Å²) < 4.78 is 11.5. The van der Waals surface area contributed by atoms with Gasteiger partial charge in [-0.05, 0) is 6.92 Å². The fourth-order valence-electron chi connectivity index (χ4n) is 2.33. The Morgan fingerprint density at radius 2 is 2.30 bits per heavy atom. The Kier molecular flexibility index (Phi) is 4.09. The molecule has 3 atom stereocenters. The van der Waals surface area contributed by atoms with Gasteiger partial charge in [0.25, 0.3) is 5.56 Å². The van der Waals surface area contributed by atoms with E-state index in [-0.39, 0.29) is 13.0 Å². The van der Waals surface area contributed by atoms with Crippen molar-refractivity contribution in [2.24, 2.45) is 0 Å². The van der Waals surface area contributed by atoms with Gasteiger partial charge in [-0.3, -0.25) is 14.3 Å². The van der Waals surface area contributed by atoms with Crippen molar-refractivity contribution in [3.8, 4) is 0 Å². The first-order valence-corrected chi connectivity index (χ1v) is 6.21. The summed E-state index contributed by atoms with van der Waals surface area (Å²) in [4.78, 5) is 25.2. The number of aryl methyl sites for hydroxylation is 1. The molecule has 0 amide bonds. The second-order valence-corrected chi connectivity index (χ2v) is 4.98. The van der Waals surface area contributed by atoms with E-state index in [0.29, 0.717) is 5.56 Å². The molecule has 1 aromatic rings. The van der Waals surface area contributed by atoms with Gasteiger partial charge in [-0.25, -0.2) is 4.79 Å². The Balaban J connectivity index is 2.30. The fourth-order valence-corrected chi connectivity index (χ4v) is 2.33. The fraction of sp³-hybridized carbons (Fsp3) is 0.667. The molecule has 2 rings (SSSR count). The van der Waals surface area contributed by atoms with Crippen LogP contribution in [0, 0.1) is 6.92 Å². The summed E-state index contributed by atoms with van der Waals surface area (Å²) in [5, 5.41) is 19.8. The summed E-state index contributed by atoms with van der Waals surface area (Å²) in [5.41, 5.74) is -2.17. The lowest BCUT2D eigenvalue weighted by Gasteiger charge is -2.27. The quantitative estimate of drug-likeness (QED) is 0.610. The smallest absolute Gasteiger partial charge is 0.328 e. The van der Waals surface area contributed by atoms with Gasteiger partial charge in [0.05, 0.1) is 13.2 Å². The SMILES string of the molecule is CO[C@H]1C[C@@](O)(Cn2cc(C)c(=O)[nH]c2=O)[C@@H](CO)O1. The average molecular weight is 286 g/mol. The predicted octanol–water partition coefficient (Wildman–Crippen LogP) is -1.67. The molecule has 3 N–H and O–H groups in total. The van der Waals surface area contributed by atoms with Crippen LogP contribution in [0.5, 0.6) is 0 Å². The molecule has 112 valence electrons. The molecular formula is C12H18N2O6. The number of ether oxygens (including phenoxy) is 2. The summed E-state index contributed by atoms with van der Waals surface area (Å²) >= 11 is 0. The van der Waals surface area contributed by atoms with E-state index in [1.165, 1.54) is 17.9 Å². The molecule has 0 aliphatic carbocycles. The topological polar surface area (TPSA) is 114 Å². The van der Waals surface area contributed by atoms with Crippen molar-refractivity contribution in [1.82, 2.24) is 9.55 Å². The third-order valence-electron chi connectivity index (χ3n) is 3.50. The maximum atomic E-state index is 11.7. The van der Waals surface area contributed by atoms with Crippen LogP contribution in [-0.2, 0) is 16.0 Å². The number of aromatic nitrogens is 2. The molecule has 1 aliphatic heterocycles. The molecule has 0 bridgehead atoms. The molecule has 1 aromatic heterocycles. The summed E-state index contributed by atoms with van der Waals surface area (Å²) in [6.07, 6.45) is -0.00385. The van der Waals surface area contributed by atoms with Gasteiger partial charge < -0.3 is 19.7 Å². The molecule has 0 radical (unpaired) electrons. The van der Waals surface area contributed by atoms with E-state index in [4.69, 9.17) is 9.47 Å². The van der Waals surface area contributed by atoms with Gasteiger partial charge in [0, 0.05) is 25.3 Å². The highest BCUT2D eigenvalue weighted by atomic mass is 16.7. The second kappa shape index (κ2) is 5.49. The van der Waals surface area contributed by atoms with E-state index >= 15 is 0 Å². The van der Waals surface area contributed by atoms with Crippen molar-refractivity contribution in [2.75, 3.05) is 13.7 Å². The van der Waals surface area contributed by atoms with Crippen molar-refractivity contribution < 1.29 is 19.7 Å². The van der Waals surface area contributed by atoms with E-state index in [2.05, 4.69) is 4.98 Å². The third-order valence-corrected chi connectivity index (χ3v) is 3.50. The number of aliphatic hydroxyl groups is 2. The molecule has 8 heteroatoms. The van der Waals surface area contributed by atoms with Crippen molar-refractivity contribution in [3.05, 3.63) is 32.6 Å². The molecule has 1 fully saturated rings. The van der Waals surface area contributed by atoms with Crippen molar-refractivity contribution in [1.29, 1.82) is 0 Å². The summed E-state index contributed by atoms with van der Waals surface area (Å²) in [7, 11) is 1.43. The number of H-pyrrole nitrogens is 1. The Morgan fingerprint density at radius 1 is 1.60 bits per heavy atom. The van der Waals surface area contributed by atoms with Gasteiger partial charge >= 0.3 is 5.69 Å². The van der Waals surface area contributed by atoms with Crippen molar-refractivity contribution in [3.63, 3.8) is 0 Å². The van der Waals surface area contributed by atoms with E-state index in [1.54, 1.807) is 6.92 Å². The lowest BCUT2D eigenvalue weighted by molar-refractivity contribution is -0.136. The number of nitrogens with one attached hydrogen (secondary N) is 1. The van der Waals surface area contributed by atoms with Crippen LogP contribution >= 0.6 is 0 Å². The number of hydrogen-bond acceptors (Lipinski definition) is 6. The highest BCUT2D eigenvalue weighted by Crippen LogP contribution is 2.32. The number of methoxy groups -OCH3 is 1. The van der Waals surface area contributed by atoms with Gasteiger partial charge in [-0.1, -0.05) is 0 Å². The lowest BCUT2D eigenvalue weighted by atomic mass is 9.95. The van der Waals surface area contributed by atoms with Gasteiger partial charge in [0.2, 0.25) is 0 Å². The number of aromatic amines is 1. The molecule has 1 aliphatic rings. The molecule has 2 heterocycles. The Labute approximate surface area is 114 Å². The molecular weight excluding hydrogens is 268 g/mol. The first-order chi connectivity index (χ1) is 9.39. The zero-order valence-electron chi connectivity index (χ0n) is 11.3. The zero-order valence-corrected chi connectivity index (χ0v) is 11.3. The minimum atomic E-state index is -1.44. The largest absolute Gasteiger partial charge is 0.394 e. The van der Waals surface area contributed by atoms with Crippen LogP contribution in [0.25, 0.3) is 0 Å². The van der Waals surface area contributed by atoms with Gasteiger partial charge in [0.15, 0.2) is 6.29 Å². The number of hydrogen-bond donors (Lipinski definition) is 3. The Morgan fingerprint density at radius 3 is 2.90 bits per heavy atom. The van der Waals surface area contributed by atoms with E-state index in [9.17, 15) is 19.8 Å². The molecule has 8 nitrogen and oxygen atoms in total. The maximum absolute atomic E-state index is 11.7. The minimum absolute atomic E-state index is 0.103. The molecule has 20 heavy (non-hydrogen) atoms. The highest BCUT2D eigenvalue weighted by molar-refractivity contribution is 5.03. The normalized spacial score (nSPS) is 29.8. The van der Waals surface area contributed by atoms with Crippen LogP contribution in [0.2, 0.25) is 0 Å². The van der Waals surface area contributed by atoms with Crippen LogP contribution in [0.15, 0.2) is 15.8 Å². The average Bonchev–Trinajstić information content (AvgIpc) is 2.72. The standard InChI is InChI=1S/C12H18N2O6/c1-7-4-14(11(17)13-10(7)16)6-12(18)3-9(19-2)20-8(12)5-15/h4,8-9,15,18H,3,5-6H2,1-2H3,(H,13,16,17)/t8-,9-,12-/m1/s1. The lowest BCUT2D eigenvalue weighted by Crippen LogP contribution is -2.47. The summed E-state index contributed by atoms with van der Waals surface area (Å²) in [6, 6.07) is 0. The second-order valence-electron chi connectivity index (χ2n) is 4.98. The number of aliphatic hydroxyl groups excluding tert-OH is 1. The van der Waals surface area contributed by atoms with Crippen LogP contribution in [0.3, 0.4) is 0 Å². The van der Waals surface area contributed by atoms with E-state index in [1.807, 2.05) is 0 Å². The summed E-state index contributed by atoms with van der Waals surface area (Å²) in [5.74, 6) is 0. The third kappa shape index (κ3) is 2.68. The van der Waals surface area contributed by atoms with E-state index < -0.39 is 35.9 Å². The highest BCUT2D eigenvalue weighted by Gasteiger charge is 2.47. The Hall–Kier alpha value is -1.48. The van der Waals surface area contributed by atoms with E-state index in [0.717, 1.165) is 0 Å². The van der Waals surface area contributed by atoms with Crippen LogP contribution < -0.4 is 11.2 Å². The van der Waals surface area contributed by atoms with Crippen LogP contribution in [0.1, 0.15) is 12.0 Å². The first kappa shape index (κ1) is 14.9. The Bertz CT molecular complexity index is 594. The summed E-state index contributed by atoms with van der Waals surface area (Å²) in [6.45, 7) is 1.06. The van der Waals surface area contributed by atoms with Gasteiger partial charge in [-0.2, -0.15) is 0 Å². The number of nitrogens with zero attached hydrogens (tertiary/aromatic N) is 1. The zero-order chi connectivity index (χ0) is 14.9. The van der Waals surface area contributed by atoms with Crippen LogP contribution in [-0.4, -0.2) is 51.5 Å². The van der Waals surface area contributed by atoms with Crippen molar-refractivity contribution >= 4 is 0 Å². The first-order valence-electron chi connectivity index (χ1n) is 6.21. The molecule has 0 unspecified atom stereocenters. The van der Waals surface area contributed by atoms with Gasteiger partial charge in [-0.15, -0.1) is 0 Å². The molecule has 1 saturated heterocycles. The minimum Gasteiger partial charge on any atom is -0.394 e. The van der Waals surface area contributed by atoms with Crippen molar-refractivity contribution in [2.45, 2.75) is 37.9 Å². The van der Waals surface area contributed by atoms with Crippen LogP contribution in [0.4, 0.5) is 0 Å². The molecule has 0 aromatic carbocycles.